The van der Waals surface area contributed by atoms with Gasteiger partial charge in [0, 0.05) is 5.56 Å². The average molecular weight is 460 g/mol. The Bertz CT molecular complexity index is 1500. The van der Waals surface area contributed by atoms with E-state index in [1.54, 1.807) is 19.1 Å². The lowest BCUT2D eigenvalue weighted by Crippen LogP contribution is -2.28. The molecule has 0 fully saturated rings. The molecule has 0 spiro atoms. The Morgan fingerprint density at radius 3 is 2.50 bits per heavy atom. The summed E-state index contributed by atoms with van der Waals surface area (Å²) in [6.45, 7) is 1.80. The van der Waals surface area contributed by atoms with E-state index in [1.807, 2.05) is 24.3 Å². The van der Waals surface area contributed by atoms with Crippen LogP contribution in [-0.4, -0.2) is 29.7 Å². The molecule has 1 aromatic heterocycles. The molecule has 1 aliphatic rings. The van der Waals surface area contributed by atoms with Gasteiger partial charge in [-0.3, -0.25) is 0 Å². The van der Waals surface area contributed by atoms with Crippen LogP contribution in [0.25, 0.3) is 22.1 Å². The largest absolute Gasteiger partial charge is 0.494 e. The molecule has 1 aliphatic heterocycles. The first kappa shape index (κ1) is 21.4. The predicted octanol–water partition coefficient (Wildman–Crippen LogP) is 3.77. The number of aromatic nitrogens is 2. The molecule has 0 aliphatic carbocycles. The summed E-state index contributed by atoms with van der Waals surface area (Å²) in [4.78, 5) is 22.5. The van der Waals surface area contributed by atoms with Gasteiger partial charge >= 0.3 is 5.97 Å². The first-order chi connectivity index (χ1) is 16.4. The van der Waals surface area contributed by atoms with Crippen molar-refractivity contribution in [1.29, 1.82) is 0 Å². The van der Waals surface area contributed by atoms with E-state index in [0.29, 0.717) is 33.2 Å². The van der Waals surface area contributed by atoms with Crippen molar-refractivity contribution in [2.24, 2.45) is 5.73 Å². The van der Waals surface area contributed by atoms with Crippen LogP contribution in [0.3, 0.4) is 0 Å². The van der Waals surface area contributed by atoms with Crippen molar-refractivity contribution in [2.45, 2.75) is 12.8 Å². The minimum atomic E-state index is -0.871. The summed E-state index contributed by atoms with van der Waals surface area (Å²) in [5.74, 6) is -2.02. The highest BCUT2D eigenvalue weighted by Crippen LogP contribution is 2.48. The van der Waals surface area contributed by atoms with Crippen LogP contribution in [0.5, 0.6) is 11.5 Å². The van der Waals surface area contributed by atoms with E-state index in [1.165, 1.54) is 19.2 Å². The van der Waals surface area contributed by atoms with Crippen LogP contribution < -0.4 is 20.9 Å². The number of carbonyl (C=O) groups is 1. The Labute approximate surface area is 193 Å². The van der Waals surface area contributed by atoms with Gasteiger partial charge in [-0.25, -0.2) is 19.2 Å². The number of benzene rings is 3. The van der Waals surface area contributed by atoms with Gasteiger partial charge in [0.15, 0.2) is 17.3 Å². The lowest BCUT2D eigenvalue weighted by atomic mass is 9.81. The maximum Gasteiger partial charge on any atom is 0.340 e. The summed E-state index contributed by atoms with van der Waals surface area (Å²) < 4.78 is 30.9. The Kier molecular flexibility index (Phi) is 5.16. The normalized spacial score (nSPS) is 15.2. The van der Waals surface area contributed by atoms with E-state index in [-0.39, 0.29) is 35.2 Å². The van der Waals surface area contributed by atoms with Gasteiger partial charge in [-0.15, -0.1) is 0 Å². The monoisotopic (exact) mass is 460 g/mol. The van der Waals surface area contributed by atoms with Crippen LogP contribution >= 0.6 is 0 Å². The molecule has 5 rings (SSSR count). The third-order valence-electron chi connectivity index (χ3n) is 5.71. The standard InChI is InChI=1S/C25H21FN4O4/c1-3-33-25(31)21-19(12-8-9-18(32-2)13(26)10-12)20-22-17(11-14(27)23(20)34-24(21)28)29-15-6-4-5-7-16(15)30-22/h4-11,19H,3,27-28H2,1-2H3. The van der Waals surface area contributed by atoms with Crippen molar-refractivity contribution >= 4 is 33.7 Å². The molecular formula is C25H21FN4O4. The minimum absolute atomic E-state index is 0.0285. The highest BCUT2D eigenvalue weighted by Gasteiger charge is 2.39. The number of methoxy groups -OCH3 is 1. The SMILES string of the molecule is CCOC(=O)C1=C(N)Oc2c(N)cc3nc4ccccc4nc3c2C1c1ccc(OC)c(F)c1. The maximum atomic E-state index is 14.8. The molecule has 1 atom stereocenters. The number of anilines is 1. The first-order valence-corrected chi connectivity index (χ1v) is 10.6. The average Bonchev–Trinajstić information content (AvgIpc) is 2.82. The van der Waals surface area contributed by atoms with Gasteiger partial charge in [0.25, 0.3) is 0 Å². The predicted molar refractivity (Wildman–Crippen MR) is 125 cm³/mol. The quantitative estimate of drug-likeness (QED) is 0.268. The first-order valence-electron chi connectivity index (χ1n) is 10.6. The topological polar surface area (TPSA) is 123 Å². The lowest BCUT2D eigenvalue weighted by Gasteiger charge is -2.30. The Hall–Kier alpha value is -4.40. The summed E-state index contributed by atoms with van der Waals surface area (Å²) in [6.07, 6.45) is 0. The fourth-order valence-corrected chi connectivity index (χ4v) is 4.24. The molecule has 0 saturated carbocycles. The van der Waals surface area contributed by atoms with Gasteiger partial charge < -0.3 is 25.7 Å². The molecule has 3 aromatic carbocycles. The van der Waals surface area contributed by atoms with Crippen molar-refractivity contribution in [3.63, 3.8) is 0 Å². The number of para-hydroxylation sites is 2. The van der Waals surface area contributed by atoms with Crippen LogP contribution in [-0.2, 0) is 9.53 Å². The van der Waals surface area contributed by atoms with Gasteiger partial charge in [-0.2, -0.15) is 0 Å². The Morgan fingerprint density at radius 2 is 1.82 bits per heavy atom. The zero-order valence-electron chi connectivity index (χ0n) is 18.5. The molecule has 4 N–H and O–H groups in total. The zero-order valence-corrected chi connectivity index (χ0v) is 18.5. The van der Waals surface area contributed by atoms with Gasteiger partial charge in [-0.1, -0.05) is 18.2 Å². The number of hydrogen-bond donors (Lipinski definition) is 2. The van der Waals surface area contributed by atoms with E-state index in [9.17, 15) is 9.18 Å². The van der Waals surface area contributed by atoms with Crippen molar-refractivity contribution in [3.05, 3.63) is 76.9 Å². The van der Waals surface area contributed by atoms with Crippen LogP contribution in [0.2, 0.25) is 0 Å². The number of halogens is 1. The summed E-state index contributed by atoms with van der Waals surface area (Å²) in [5.41, 5.74) is 16.0. The molecule has 1 unspecified atom stereocenters. The molecule has 0 radical (unpaired) electrons. The fraction of sp³-hybridized carbons (Fsp3) is 0.160. The number of nitrogen functional groups attached to an aromatic ring is 1. The smallest absolute Gasteiger partial charge is 0.340 e. The number of esters is 1. The van der Waals surface area contributed by atoms with Crippen LogP contribution in [0.15, 0.2) is 60.0 Å². The molecule has 2 heterocycles. The zero-order chi connectivity index (χ0) is 24.0. The second kappa shape index (κ2) is 8.18. The number of nitrogens with zero attached hydrogens (tertiary/aromatic N) is 2. The number of nitrogens with two attached hydrogens (primary N) is 2. The van der Waals surface area contributed by atoms with E-state index in [2.05, 4.69) is 4.98 Å². The van der Waals surface area contributed by atoms with Gasteiger partial charge in [0.1, 0.15) is 5.57 Å². The summed E-state index contributed by atoms with van der Waals surface area (Å²) in [5, 5.41) is 0. The third-order valence-corrected chi connectivity index (χ3v) is 5.71. The fourth-order valence-electron chi connectivity index (χ4n) is 4.24. The van der Waals surface area contributed by atoms with Gasteiger partial charge in [-0.05, 0) is 42.8 Å². The summed E-state index contributed by atoms with van der Waals surface area (Å²) in [6, 6.07) is 13.4. The summed E-state index contributed by atoms with van der Waals surface area (Å²) >= 11 is 0. The van der Waals surface area contributed by atoms with Crippen molar-refractivity contribution in [2.75, 3.05) is 19.5 Å². The van der Waals surface area contributed by atoms with E-state index in [4.69, 9.17) is 30.7 Å². The van der Waals surface area contributed by atoms with Crippen molar-refractivity contribution in [3.8, 4) is 11.5 Å². The second-order valence-electron chi connectivity index (χ2n) is 7.72. The maximum absolute atomic E-state index is 14.8. The van der Waals surface area contributed by atoms with Crippen LogP contribution in [0, 0.1) is 5.82 Å². The molecule has 0 bridgehead atoms. The lowest BCUT2D eigenvalue weighted by molar-refractivity contribution is -0.139. The molecule has 8 nitrogen and oxygen atoms in total. The van der Waals surface area contributed by atoms with E-state index < -0.39 is 17.7 Å². The molecule has 34 heavy (non-hydrogen) atoms. The molecule has 4 aromatic rings. The Balaban J connectivity index is 1.86. The van der Waals surface area contributed by atoms with Gasteiger partial charge in [0.05, 0.1) is 47.4 Å². The number of ether oxygens (including phenoxy) is 3. The molecular weight excluding hydrogens is 439 g/mol. The number of carbonyl (C=O) groups excluding carboxylic acids is 1. The second-order valence-corrected chi connectivity index (χ2v) is 7.72. The molecule has 172 valence electrons. The highest BCUT2D eigenvalue weighted by molar-refractivity contribution is 5.98. The Morgan fingerprint density at radius 1 is 1.09 bits per heavy atom. The third kappa shape index (κ3) is 3.33. The number of fused-ring (bicyclic) bond motifs is 4. The highest BCUT2D eigenvalue weighted by atomic mass is 19.1. The number of hydrogen-bond acceptors (Lipinski definition) is 8. The molecule has 0 amide bonds. The van der Waals surface area contributed by atoms with Crippen molar-refractivity contribution in [1.82, 2.24) is 9.97 Å². The summed E-state index contributed by atoms with van der Waals surface area (Å²) in [7, 11) is 1.37. The van der Waals surface area contributed by atoms with Crippen molar-refractivity contribution < 1.29 is 23.4 Å². The molecule has 9 heteroatoms. The van der Waals surface area contributed by atoms with Gasteiger partial charge in [0.2, 0.25) is 5.88 Å². The number of rotatable bonds is 4. The minimum Gasteiger partial charge on any atom is -0.494 e. The van der Waals surface area contributed by atoms with E-state index >= 15 is 0 Å². The van der Waals surface area contributed by atoms with Crippen LogP contribution in [0.1, 0.15) is 24.0 Å². The molecule has 0 saturated heterocycles. The van der Waals surface area contributed by atoms with E-state index in [0.717, 1.165) is 0 Å². The van der Waals surface area contributed by atoms with Crippen LogP contribution in [0.4, 0.5) is 10.1 Å².